The molecule has 0 aliphatic rings. The van der Waals surface area contributed by atoms with Crippen LogP contribution in [-0.2, 0) is 0 Å². The van der Waals surface area contributed by atoms with Gasteiger partial charge in [-0.25, -0.2) is 0 Å². The van der Waals surface area contributed by atoms with Crippen LogP contribution in [0.25, 0.3) is 0 Å². The first kappa shape index (κ1) is 23.5. The van der Waals surface area contributed by atoms with Crippen molar-refractivity contribution >= 4 is 35.6 Å². The number of carbonyl (C=O) groups excluding carboxylic acids is 1. The van der Waals surface area contributed by atoms with Crippen LogP contribution < -0.4 is 15.2 Å². The van der Waals surface area contributed by atoms with Crippen LogP contribution in [0.5, 0.6) is 17.2 Å². The number of likely N-dealkylation sites (N-methyl/N-ethyl adjacent to an activating group) is 1. The summed E-state index contributed by atoms with van der Waals surface area (Å²) in [5.41, 5.74) is 5.71. The summed E-state index contributed by atoms with van der Waals surface area (Å²) in [5.74, 6) is 0.277. The van der Waals surface area contributed by atoms with E-state index in [1.807, 2.05) is 6.92 Å². The van der Waals surface area contributed by atoms with Crippen LogP contribution in [0, 0.1) is 10.1 Å². The van der Waals surface area contributed by atoms with Gasteiger partial charge in [-0.1, -0.05) is 11.6 Å². The number of methoxy groups -OCH3 is 1. The number of benzene rings is 2. The average molecular weight is 430 g/mol. The number of carbonyl (C=O) groups is 1. The van der Waals surface area contributed by atoms with Gasteiger partial charge in [0.2, 0.25) is 5.75 Å². The lowest BCUT2D eigenvalue weighted by molar-refractivity contribution is -0.385. The van der Waals surface area contributed by atoms with E-state index in [0.717, 1.165) is 0 Å². The molecule has 2 aromatic rings. The lowest BCUT2D eigenvalue weighted by Gasteiger charge is -2.24. The Morgan fingerprint density at radius 1 is 1.25 bits per heavy atom. The summed E-state index contributed by atoms with van der Waals surface area (Å²) < 4.78 is 10.9. The highest BCUT2D eigenvalue weighted by atomic mass is 35.5. The molecule has 0 bridgehead atoms. The van der Waals surface area contributed by atoms with Crippen LogP contribution in [0.2, 0.25) is 5.02 Å². The summed E-state index contributed by atoms with van der Waals surface area (Å²) in [6.07, 6.45) is 0. The van der Waals surface area contributed by atoms with Gasteiger partial charge < -0.3 is 20.1 Å². The Kier molecular flexibility index (Phi) is 8.49. The maximum atomic E-state index is 12.5. The van der Waals surface area contributed by atoms with Gasteiger partial charge >= 0.3 is 5.69 Å². The number of amides is 1. The van der Waals surface area contributed by atoms with Crippen LogP contribution in [-0.4, -0.2) is 42.5 Å². The van der Waals surface area contributed by atoms with Crippen molar-refractivity contribution in [2.24, 2.45) is 5.73 Å². The van der Waals surface area contributed by atoms with Crippen LogP contribution in [0.4, 0.5) is 5.69 Å². The summed E-state index contributed by atoms with van der Waals surface area (Å²) in [6, 6.07) is 8.54. The minimum Gasteiger partial charge on any atom is -0.493 e. The largest absolute Gasteiger partial charge is 0.493 e. The van der Waals surface area contributed by atoms with Gasteiger partial charge in [-0.15, -0.1) is 12.4 Å². The molecule has 10 heteroatoms. The average Bonchev–Trinajstić information content (AvgIpc) is 2.67. The molecule has 0 spiro atoms. The maximum absolute atomic E-state index is 12.5. The summed E-state index contributed by atoms with van der Waals surface area (Å²) in [6.45, 7) is 2.17. The second kappa shape index (κ2) is 10.1. The third-order valence-electron chi connectivity index (χ3n) is 4.07. The van der Waals surface area contributed by atoms with E-state index in [4.69, 9.17) is 26.8 Å². The van der Waals surface area contributed by atoms with E-state index in [1.54, 1.807) is 13.1 Å². The Bertz CT molecular complexity index is 863. The minimum atomic E-state index is -0.589. The van der Waals surface area contributed by atoms with Crippen molar-refractivity contribution in [3.05, 3.63) is 57.1 Å². The molecule has 28 heavy (non-hydrogen) atoms. The van der Waals surface area contributed by atoms with Gasteiger partial charge in [-0.3, -0.25) is 14.9 Å². The summed E-state index contributed by atoms with van der Waals surface area (Å²) in [4.78, 5) is 24.7. The molecule has 0 saturated heterocycles. The topological polar surface area (TPSA) is 108 Å². The van der Waals surface area contributed by atoms with Gasteiger partial charge in [-0.2, -0.15) is 0 Å². The fourth-order valence-corrected chi connectivity index (χ4v) is 2.45. The number of ether oxygens (including phenoxy) is 2. The van der Waals surface area contributed by atoms with Crippen molar-refractivity contribution in [1.29, 1.82) is 0 Å². The molecule has 2 rings (SSSR count). The zero-order valence-electron chi connectivity index (χ0n) is 15.5. The highest BCUT2D eigenvalue weighted by molar-refractivity contribution is 6.30. The number of hydrogen-bond acceptors (Lipinski definition) is 6. The predicted octanol–water partition coefficient (Wildman–Crippen LogP) is 3.89. The van der Waals surface area contributed by atoms with E-state index in [-0.39, 0.29) is 52.3 Å². The van der Waals surface area contributed by atoms with Gasteiger partial charge in [0.15, 0.2) is 11.5 Å². The SMILES string of the molecule is COc1cc(C(=O)N(C)C(C)CN)ccc1Oc1ccc(Cl)cc1[N+](=O)[O-].Cl. The Morgan fingerprint density at radius 3 is 2.46 bits per heavy atom. The molecule has 0 aliphatic heterocycles. The summed E-state index contributed by atoms with van der Waals surface area (Å²) in [5, 5.41) is 11.4. The standard InChI is InChI=1S/C18H20ClN3O5.ClH/c1-11(10-20)21(2)18(23)12-4-6-16(17(8-12)26-3)27-15-7-5-13(19)9-14(15)22(24)25;/h4-9,11H,10,20H2,1-3H3;1H. The molecule has 1 atom stereocenters. The number of halogens is 2. The zero-order chi connectivity index (χ0) is 20.1. The summed E-state index contributed by atoms with van der Waals surface area (Å²) in [7, 11) is 3.08. The summed E-state index contributed by atoms with van der Waals surface area (Å²) >= 11 is 5.81. The molecule has 2 N–H and O–H groups in total. The van der Waals surface area contributed by atoms with Crippen LogP contribution in [0.1, 0.15) is 17.3 Å². The number of nitrogens with zero attached hydrogens (tertiary/aromatic N) is 2. The van der Waals surface area contributed by atoms with Crippen LogP contribution in [0.3, 0.4) is 0 Å². The molecule has 1 amide bonds. The molecule has 1 unspecified atom stereocenters. The van der Waals surface area contributed by atoms with Crippen molar-refractivity contribution < 1.29 is 19.2 Å². The molecule has 152 valence electrons. The van der Waals surface area contributed by atoms with Crippen molar-refractivity contribution in [2.75, 3.05) is 20.7 Å². The van der Waals surface area contributed by atoms with Gasteiger partial charge in [0, 0.05) is 36.3 Å². The fraction of sp³-hybridized carbons (Fsp3) is 0.278. The van der Waals surface area contributed by atoms with E-state index in [9.17, 15) is 14.9 Å². The van der Waals surface area contributed by atoms with Gasteiger partial charge in [0.25, 0.3) is 5.91 Å². The molecule has 0 aromatic heterocycles. The fourth-order valence-electron chi connectivity index (χ4n) is 2.28. The molecular formula is C18H21Cl2N3O5. The first-order valence-corrected chi connectivity index (χ1v) is 8.43. The van der Waals surface area contributed by atoms with Gasteiger partial charge in [-0.05, 0) is 37.3 Å². The van der Waals surface area contributed by atoms with E-state index in [0.29, 0.717) is 12.1 Å². The number of nitrogens with two attached hydrogens (primary N) is 1. The third-order valence-corrected chi connectivity index (χ3v) is 4.31. The van der Waals surface area contributed by atoms with E-state index in [2.05, 4.69) is 0 Å². The molecule has 0 fully saturated rings. The third kappa shape index (κ3) is 5.25. The highest BCUT2D eigenvalue weighted by Gasteiger charge is 2.21. The number of nitro benzene ring substituents is 1. The first-order valence-electron chi connectivity index (χ1n) is 8.05. The molecule has 8 nitrogen and oxygen atoms in total. The number of hydrogen-bond donors (Lipinski definition) is 1. The van der Waals surface area contributed by atoms with E-state index < -0.39 is 4.92 Å². The molecule has 0 heterocycles. The van der Waals surface area contributed by atoms with Crippen molar-refractivity contribution in [3.8, 4) is 17.2 Å². The smallest absolute Gasteiger partial charge is 0.313 e. The Morgan fingerprint density at radius 2 is 1.89 bits per heavy atom. The Balaban J connectivity index is 0.00000392. The number of nitro groups is 1. The van der Waals surface area contributed by atoms with Crippen LogP contribution >= 0.6 is 24.0 Å². The first-order chi connectivity index (χ1) is 12.8. The Hall–Kier alpha value is -2.55. The van der Waals surface area contributed by atoms with Crippen LogP contribution in [0.15, 0.2) is 36.4 Å². The van der Waals surface area contributed by atoms with Gasteiger partial charge in [0.05, 0.1) is 12.0 Å². The van der Waals surface area contributed by atoms with Crippen molar-refractivity contribution in [1.82, 2.24) is 4.90 Å². The second-order valence-electron chi connectivity index (χ2n) is 5.84. The quantitative estimate of drug-likeness (QED) is 0.528. The predicted molar refractivity (Wildman–Crippen MR) is 109 cm³/mol. The van der Waals surface area contributed by atoms with Crippen molar-refractivity contribution in [3.63, 3.8) is 0 Å². The molecule has 0 aliphatic carbocycles. The molecular weight excluding hydrogens is 409 g/mol. The number of rotatable bonds is 7. The lowest BCUT2D eigenvalue weighted by atomic mass is 10.1. The monoisotopic (exact) mass is 429 g/mol. The molecule has 0 saturated carbocycles. The lowest BCUT2D eigenvalue weighted by Crippen LogP contribution is -2.39. The molecule has 2 aromatic carbocycles. The molecule has 0 radical (unpaired) electrons. The van der Waals surface area contributed by atoms with E-state index >= 15 is 0 Å². The Labute approximate surface area is 173 Å². The highest BCUT2D eigenvalue weighted by Crippen LogP contribution is 2.38. The normalized spacial score (nSPS) is 11.2. The van der Waals surface area contributed by atoms with Crippen molar-refractivity contribution in [2.45, 2.75) is 13.0 Å². The maximum Gasteiger partial charge on any atom is 0.313 e. The second-order valence-corrected chi connectivity index (χ2v) is 6.27. The van der Waals surface area contributed by atoms with Gasteiger partial charge in [0.1, 0.15) is 0 Å². The minimum absolute atomic E-state index is 0. The zero-order valence-corrected chi connectivity index (χ0v) is 17.1. The van der Waals surface area contributed by atoms with E-state index in [1.165, 1.54) is 42.3 Å².